The van der Waals surface area contributed by atoms with Gasteiger partial charge in [-0.3, -0.25) is 0 Å². The van der Waals surface area contributed by atoms with Crippen LogP contribution in [0.2, 0.25) is 0 Å². The second-order valence-electron chi connectivity index (χ2n) is 11.1. The van der Waals surface area contributed by atoms with Crippen molar-refractivity contribution in [3.63, 3.8) is 0 Å². The van der Waals surface area contributed by atoms with Gasteiger partial charge in [0.15, 0.2) is 0 Å². The summed E-state index contributed by atoms with van der Waals surface area (Å²) in [7, 11) is 0. The van der Waals surface area contributed by atoms with Crippen LogP contribution in [0.15, 0.2) is 182 Å². The van der Waals surface area contributed by atoms with Gasteiger partial charge in [0.25, 0.3) is 0 Å². The van der Waals surface area contributed by atoms with E-state index in [9.17, 15) is 5.48 Å². The van der Waals surface area contributed by atoms with Crippen molar-refractivity contribution < 1.29 is 17.8 Å². The molecule has 0 aliphatic carbocycles. The molecule has 0 bridgehead atoms. The number of fused-ring (bicyclic) bond motifs is 4. The van der Waals surface area contributed by atoms with Crippen molar-refractivity contribution in [2.45, 2.75) is 0 Å². The minimum atomic E-state index is -0.707. The summed E-state index contributed by atoms with van der Waals surface area (Å²) in [5.41, 5.74) is 3.60. The molecule has 0 aliphatic heterocycles. The van der Waals surface area contributed by atoms with Gasteiger partial charge in [0.2, 0.25) is 0 Å². The molecule has 0 spiro atoms. The minimum absolute atomic E-state index is 0.0906. The van der Waals surface area contributed by atoms with Gasteiger partial charge in [0.05, 0.1) is 17.8 Å². The van der Waals surface area contributed by atoms with Crippen molar-refractivity contribution in [1.29, 1.82) is 0 Å². The number of rotatable bonds is 4. The Morgan fingerprint density at radius 2 is 0.783 bits per heavy atom. The Bertz CT molecular complexity index is 3190. The highest BCUT2D eigenvalue weighted by Crippen LogP contribution is 2.44. The summed E-state index contributed by atoms with van der Waals surface area (Å²) in [6, 6.07) is 25.8. The van der Waals surface area contributed by atoms with E-state index in [-0.39, 0.29) is 32.7 Å². The fourth-order valence-corrected chi connectivity index (χ4v) is 6.52. The summed E-state index contributed by atoms with van der Waals surface area (Å²) in [6.45, 7) is 0. The number of benzene rings is 9. The summed E-state index contributed by atoms with van der Waals surface area (Å²) >= 11 is 0. The first-order valence-electron chi connectivity index (χ1n) is 21.4. The first-order valence-corrected chi connectivity index (χ1v) is 14.9. The van der Waals surface area contributed by atoms with E-state index < -0.39 is 84.1 Å². The molecule has 0 unspecified atom stereocenters. The summed E-state index contributed by atoms with van der Waals surface area (Å²) in [5.74, 6) is 0. The van der Waals surface area contributed by atoms with Gasteiger partial charge in [-0.2, -0.15) is 0 Å². The summed E-state index contributed by atoms with van der Waals surface area (Å²) in [4.78, 5) is 0. The zero-order valence-electron chi connectivity index (χ0n) is 37.3. The van der Waals surface area contributed by atoms with Gasteiger partial charge in [-0.15, -0.1) is 0 Å². The molecule has 0 heteroatoms. The maximum absolute atomic E-state index is 9.22. The topological polar surface area (TPSA) is 0 Å². The molecule has 0 N–H and O–H groups in total. The lowest BCUT2D eigenvalue weighted by molar-refractivity contribution is 1.63. The molecule has 46 heavy (non-hydrogen) atoms. The number of hydrogen-bond acceptors (Lipinski definition) is 0. The third-order valence-electron chi connectivity index (χ3n) is 8.59. The van der Waals surface area contributed by atoms with Crippen molar-refractivity contribution in [2.24, 2.45) is 0 Å². The van der Waals surface area contributed by atoms with Crippen molar-refractivity contribution in [3.8, 4) is 44.5 Å². The Labute approximate surface area is 287 Å². The van der Waals surface area contributed by atoms with Crippen LogP contribution >= 0.6 is 0 Å². The van der Waals surface area contributed by atoms with E-state index in [4.69, 9.17) is 12.3 Å². The van der Waals surface area contributed by atoms with Crippen molar-refractivity contribution in [2.75, 3.05) is 0 Å². The molecule has 0 amide bonds. The monoisotopic (exact) mass is 595 g/mol. The molecule has 9 aromatic carbocycles. The Hall–Kier alpha value is -5.98. The molecule has 0 aromatic heterocycles. The second kappa shape index (κ2) is 10.9. The van der Waals surface area contributed by atoms with Crippen LogP contribution in [0.25, 0.3) is 87.6 Å². The maximum atomic E-state index is 9.22. The van der Waals surface area contributed by atoms with E-state index in [0.717, 1.165) is 43.8 Å². The first-order chi connectivity index (χ1) is 28.2. The van der Waals surface area contributed by atoms with Crippen molar-refractivity contribution in [1.82, 2.24) is 0 Å². The Kier molecular flexibility index (Phi) is 3.87. The molecule has 214 valence electrons. The standard InChI is InChI=1S/C46H30/c1-2-13-34(14-3-1)45-40-18-6-8-20-42(40)46(43-21-9-7-19-41(43)45)35-27-24-33(25-28-35)38-22-11-16-32-26-29-36(30-44(32)38)39-23-10-15-31-12-4-5-17-37(31)39/h1-30H/i1D,2D,3D,6D,7D,8D,9D,13D,14D,18D,19D,20D,21D. The molecule has 0 saturated heterocycles. The van der Waals surface area contributed by atoms with Gasteiger partial charge in [-0.05, 0) is 93.7 Å². The normalized spacial score (nSPS) is 15.4. The molecule has 9 rings (SSSR count). The van der Waals surface area contributed by atoms with Crippen LogP contribution in [-0.4, -0.2) is 0 Å². The highest BCUT2D eigenvalue weighted by atomic mass is 14.2. The highest BCUT2D eigenvalue weighted by molar-refractivity contribution is 6.21. The third-order valence-corrected chi connectivity index (χ3v) is 8.59. The first kappa shape index (κ1) is 16.4. The molecule has 0 saturated carbocycles. The quantitative estimate of drug-likeness (QED) is 0.178. The largest absolute Gasteiger partial charge is 0.0629 e. The minimum Gasteiger partial charge on any atom is -0.0622 e. The summed E-state index contributed by atoms with van der Waals surface area (Å²) in [5, 5.41) is 3.56. The summed E-state index contributed by atoms with van der Waals surface area (Å²) in [6.07, 6.45) is 0. The smallest absolute Gasteiger partial charge is 0.0622 e. The lowest BCUT2D eigenvalue weighted by Crippen LogP contribution is -1.91. The lowest BCUT2D eigenvalue weighted by Gasteiger charge is -2.18. The molecule has 0 aliphatic rings. The van der Waals surface area contributed by atoms with Gasteiger partial charge in [0.1, 0.15) is 0 Å². The fourth-order valence-electron chi connectivity index (χ4n) is 6.52. The molecule has 9 aromatic rings. The molecular formula is C46H30. The third kappa shape index (κ3) is 4.30. The van der Waals surface area contributed by atoms with E-state index in [2.05, 4.69) is 42.5 Å². The average molecular weight is 596 g/mol. The van der Waals surface area contributed by atoms with Crippen LogP contribution in [0.1, 0.15) is 17.8 Å². The van der Waals surface area contributed by atoms with E-state index in [1.165, 1.54) is 0 Å². The average Bonchev–Trinajstić information content (AvgIpc) is 3.26. The zero-order chi connectivity index (χ0) is 41.8. The van der Waals surface area contributed by atoms with E-state index >= 15 is 0 Å². The van der Waals surface area contributed by atoms with Gasteiger partial charge in [-0.1, -0.05) is 176 Å². The van der Waals surface area contributed by atoms with Crippen LogP contribution in [-0.2, 0) is 0 Å². The Morgan fingerprint density at radius 3 is 1.43 bits per heavy atom. The van der Waals surface area contributed by atoms with Gasteiger partial charge >= 0.3 is 0 Å². The Balaban J connectivity index is 1.35. The van der Waals surface area contributed by atoms with Gasteiger partial charge in [0, 0.05) is 0 Å². The second-order valence-corrected chi connectivity index (χ2v) is 11.1. The van der Waals surface area contributed by atoms with Gasteiger partial charge in [-0.25, -0.2) is 0 Å². The molecule has 0 heterocycles. The van der Waals surface area contributed by atoms with E-state index in [1.54, 1.807) is 12.1 Å². The maximum Gasteiger partial charge on any atom is 0.0629 e. The Morgan fingerprint density at radius 1 is 0.304 bits per heavy atom. The predicted octanol–water partition coefficient (Wildman–Crippen LogP) is 13.0. The molecular weight excluding hydrogens is 553 g/mol. The summed E-state index contributed by atoms with van der Waals surface area (Å²) < 4.78 is 114. The molecule has 0 atom stereocenters. The van der Waals surface area contributed by atoms with E-state index in [0.29, 0.717) is 5.56 Å². The van der Waals surface area contributed by atoms with Crippen LogP contribution in [0, 0.1) is 0 Å². The molecule has 0 radical (unpaired) electrons. The fraction of sp³-hybridized carbons (Fsp3) is 0. The van der Waals surface area contributed by atoms with Crippen molar-refractivity contribution in [3.05, 3.63) is 182 Å². The van der Waals surface area contributed by atoms with Gasteiger partial charge < -0.3 is 0 Å². The van der Waals surface area contributed by atoms with Crippen LogP contribution in [0.3, 0.4) is 0 Å². The van der Waals surface area contributed by atoms with E-state index in [1.807, 2.05) is 48.5 Å². The van der Waals surface area contributed by atoms with Crippen LogP contribution in [0.4, 0.5) is 0 Å². The van der Waals surface area contributed by atoms with Crippen LogP contribution < -0.4 is 0 Å². The SMILES string of the molecule is [2H]c1c([2H])c([2H])c(-c2c3c([2H])c([2H])c([2H])c([2H])c3c(-c3ccc(-c4cccc5ccc(-c6cccc7ccccc67)cc45)cc3)c3c([2H])c([2H])c([2H])c([2H])c23)c([2H])c1[2H]. The lowest BCUT2D eigenvalue weighted by atomic mass is 9.85. The van der Waals surface area contributed by atoms with Crippen LogP contribution in [0.5, 0.6) is 0 Å². The highest BCUT2D eigenvalue weighted by Gasteiger charge is 2.16. The predicted molar refractivity (Wildman–Crippen MR) is 198 cm³/mol. The zero-order valence-corrected chi connectivity index (χ0v) is 24.3. The molecule has 0 nitrogen and oxygen atoms in total. The number of hydrogen-bond donors (Lipinski definition) is 0. The van der Waals surface area contributed by atoms with Crippen molar-refractivity contribution >= 4 is 43.1 Å². The molecule has 0 fully saturated rings.